The predicted octanol–water partition coefficient (Wildman–Crippen LogP) is 3.33. The minimum Gasteiger partial charge on any atom is -0.477 e. The topological polar surface area (TPSA) is 22.1 Å². The zero-order valence-corrected chi connectivity index (χ0v) is 9.60. The minimum atomic E-state index is 0.694. The third-order valence-electron chi connectivity index (χ3n) is 1.68. The molecule has 0 unspecified atom stereocenters. The Balaban J connectivity index is 2.56. The summed E-state index contributed by atoms with van der Waals surface area (Å²) in [6, 6.07) is 2.01. The fourth-order valence-corrected chi connectivity index (χ4v) is 1.52. The first-order chi connectivity index (χ1) is 6.24. The lowest BCUT2D eigenvalue weighted by Gasteiger charge is -2.06. The van der Waals surface area contributed by atoms with Crippen molar-refractivity contribution in [3.63, 3.8) is 0 Å². The number of hydrogen-bond acceptors (Lipinski definition) is 2. The summed E-state index contributed by atoms with van der Waals surface area (Å²) in [4.78, 5) is 4.18. The lowest BCUT2D eigenvalue weighted by atomic mass is 10.3. The number of nitrogens with zero attached hydrogens (tertiary/aromatic N) is 1. The van der Waals surface area contributed by atoms with Gasteiger partial charge in [0.2, 0.25) is 5.88 Å². The molecule has 0 fully saturated rings. The molecule has 0 aliphatic heterocycles. The molecule has 0 saturated carbocycles. The Hall–Kier alpha value is -0.570. The molecule has 0 radical (unpaired) electrons. The Morgan fingerprint density at radius 1 is 1.54 bits per heavy atom. The highest BCUT2D eigenvalue weighted by atomic mass is 79.9. The summed E-state index contributed by atoms with van der Waals surface area (Å²) in [7, 11) is 0. The van der Waals surface area contributed by atoms with E-state index in [4.69, 9.17) is 4.74 Å². The van der Waals surface area contributed by atoms with Gasteiger partial charge in [0.15, 0.2) is 0 Å². The van der Waals surface area contributed by atoms with Crippen LogP contribution in [-0.4, -0.2) is 11.6 Å². The number of hydrogen-bond donors (Lipinski definition) is 0. The summed E-state index contributed by atoms with van der Waals surface area (Å²) in [5.41, 5.74) is 1.13. The van der Waals surface area contributed by atoms with Crippen LogP contribution < -0.4 is 4.74 Å². The van der Waals surface area contributed by atoms with Gasteiger partial charge in [0.1, 0.15) is 0 Å². The second kappa shape index (κ2) is 5.22. The fourth-order valence-electron chi connectivity index (χ4n) is 0.940. The van der Waals surface area contributed by atoms with E-state index in [-0.39, 0.29) is 0 Å². The van der Waals surface area contributed by atoms with Crippen LogP contribution in [0.5, 0.6) is 5.88 Å². The van der Waals surface area contributed by atoms with E-state index >= 15 is 0 Å². The zero-order chi connectivity index (χ0) is 9.68. The summed E-state index contributed by atoms with van der Waals surface area (Å²) >= 11 is 3.41. The van der Waals surface area contributed by atoms with E-state index in [1.807, 2.05) is 19.2 Å². The van der Waals surface area contributed by atoms with Crippen molar-refractivity contribution < 1.29 is 4.74 Å². The van der Waals surface area contributed by atoms with Gasteiger partial charge in [-0.3, -0.25) is 0 Å². The van der Waals surface area contributed by atoms with Crippen molar-refractivity contribution in [2.75, 3.05) is 6.61 Å². The highest BCUT2D eigenvalue weighted by Crippen LogP contribution is 2.22. The second-order valence-electron chi connectivity index (χ2n) is 3.00. The van der Waals surface area contributed by atoms with Gasteiger partial charge in [0.25, 0.3) is 0 Å². The van der Waals surface area contributed by atoms with Crippen LogP contribution >= 0.6 is 15.9 Å². The average Bonchev–Trinajstić information content (AvgIpc) is 2.09. The van der Waals surface area contributed by atoms with E-state index in [1.54, 1.807) is 0 Å². The van der Waals surface area contributed by atoms with Crippen molar-refractivity contribution in [3.8, 4) is 5.88 Å². The van der Waals surface area contributed by atoms with Gasteiger partial charge in [-0.25, -0.2) is 4.98 Å². The molecular formula is C10H14BrNO. The Morgan fingerprint density at radius 3 is 2.92 bits per heavy atom. The molecule has 2 nitrogen and oxygen atoms in total. The molecule has 1 rings (SSSR count). The first-order valence-corrected chi connectivity index (χ1v) is 5.28. The van der Waals surface area contributed by atoms with Gasteiger partial charge in [0.05, 0.1) is 11.1 Å². The number of rotatable bonds is 4. The van der Waals surface area contributed by atoms with Crippen LogP contribution in [-0.2, 0) is 0 Å². The molecule has 3 heteroatoms. The Labute approximate surface area is 87.5 Å². The number of unbranched alkanes of at least 4 members (excludes halogenated alkanes) is 1. The molecule has 72 valence electrons. The predicted molar refractivity (Wildman–Crippen MR) is 57.1 cm³/mol. The molecule has 0 aromatic carbocycles. The van der Waals surface area contributed by atoms with Crippen LogP contribution in [0.3, 0.4) is 0 Å². The van der Waals surface area contributed by atoms with Crippen molar-refractivity contribution in [2.45, 2.75) is 26.7 Å². The summed E-state index contributed by atoms with van der Waals surface area (Å²) in [5, 5.41) is 0. The zero-order valence-electron chi connectivity index (χ0n) is 8.01. The van der Waals surface area contributed by atoms with Gasteiger partial charge in [-0.2, -0.15) is 0 Å². The Bertz CT molecular complexity index is 276. The SMILES string of the molecule is CCCCOc1ncc(C)cc1Br. The number of pyridine rings is 1. The smallest absolute Gasteiger partial charge is 0.227 e. The third-order valence-corrected chi connectivity index (χ3v) is 2.25. The van der Waals surface area contributed by atoms with Crippen LogP contribution in [0.2, 0.25) is 0 Å². The lowest BCUT2D eigenvalue weighted by molar-refractivity contribution is 0.295. The molecule has 0 aliphatic rings. The standard InChI is InChI=1S/C10H14BrNO/c1-3-4-5-13-10-9(11)6-8(2)7-12-10/h6-7H,3-5H2,1-2H3. The van der Waals surface area contributed by atoms with Gasteiger partial charge in [0, 0.05) is 6.20 Å². The summed E-state index contributed by atoms with van der Waals surface area (Å²) < 4.78 is 6.41. The highest BCUT2D eigenvalue weighted by Gasteiger charge is 2.01. The first-order valence-electron chi connectivity index (χ1n) is 4.49. The van der Waals surface area contributed by atoms with E-state index in [0.717, 1.165) is 29.5 Å². The van der Waals surface area contributed by atoms with E-state index < -0.39 is 0 Å². The van der Waals surface area contributed by atoms with E-state index in [9.17, 15) is 0 Å². The average molecular weight is 244 g/mol. The monoisotopic (exact) mass is 243 g/mol. The molecule has 13 heavy (non-hydrogen) atoms. The largest absolute Gasteiger partial charge is 0.477 e. The molecule has 1 heterocycles. The van der Waals surface area contributed by atoms with Crippen LogP contribution in [0.1, 0.15) is 25.3 Å². The molecule has 0 saturated heterocycles. The highest BCUT2D eigenvalue weighted by molar-refractivity contribution is 9.10. The maximum Gasteiger partial charge on any atom is 0.227 e. The van der Waals surface area contributed by atoms with Gasteiger partial charge < -0.3 is 4.74 Å². The van der Waals surface area contributed by atoms with Crippen LogP contribution in [0, 0.1) is 6.92 Å². The number of aromatic nitrogens is 1. The van der Waals surface area contributed by atoms with Gasteiger partial charge in [-0.1, -0.05) is 13.3 Å². The van der Waals surface area contributed by atoms with Crippen molar-refractivity contribution in [1.82, 2.24) is 4.98 Å². The third kappa shape index (κ3) is 3.35. The molecule has 0 amide bonds. The second-order valence-corrected chi connectivity index (χ2v) is 3.86. The normalized spacial score (nSPS) is 10.1. The van der Waals surface area contributed by atoms with E-state index in [1.165, 1.54) is 0 Å². The van der Waals surface area contributed by atoms with Crippen LogP contribution in [0.15, 0.2) is 16.7 Å². The molecule has 0 N–H and O–H groups in total. The van der Waals surface area contributed by atoms with Crippen molar-refractivity contribution >= 4 is 15.9 Å². The number of ether oxygens (including phenoxy) is 1. The maximum absolute atomic E-state index is 5.47. The van der Waals surface area contributed by atoms with Gasteiger partial charge >= 0.3 is 0 Å². The summed E-state index contributed by atoms with van der Waals surface area (Å²) in [6.07, 6.45) is 4.03. The Kier molecular flexibility index (Phi) is 4.22. The number of halogens is 1. The maximum atomic E-state index is 5.47. The van der Waals surface area contributed by atoms with Crippen molar-refractivity contribution in [2.24, 2.45) is 0 Å². The lowest BCUT2D eigenvalue weighted by Crippen LogP contribution is -1.99. The first kappa shape index (κ1) is 10.5. The molecule has 0 aliphatic carbocycles. The van der Waals surface area contributed by atoms with Crippen molar-refractivity contribution in [3.05, 3.63) is 22.3 Å². The molecule has 0 spiro atoms. The molecule has 1 aromatic heterocycles. The van der Waals surface area contributed by atoms with Crippen LogP contribution in [0.4, 0.5) is 0 Å². The molecule has 0 bridgehead atoms. The fraction of sp³-hybridized carbons (Fsp3) is 0.500. The van der Waals surface area contributed by atoms with Gasteiger partial charge in [-0.15, -0.1) is 0 Å². The van der Waals surface area contributed by atoms with E-state index in [0.29, 0.717) is 5.88 Å². The number of aryl methyl sites for hydroxylation is 1. The molecule has 0 atom stereocenters. The minimum absolute atomic E-state index is 0.694. The quantitative estimate of drug-likeness (QED) is 0.758. The summed E-state index contributed by atoms with van der Waals surface area (Å²) in [6.45, 7) is 4.89. The summed E-state index contributed by atoms with van der Waals surface area (Å²) in [5.74, 6) is 0.694. The molecule has 1 aromatic rings. The van der Waals surface area contributed by atoms with Crippen molar-refractivity contribution in [1.29, 1.82) is 0 Å². The van der Waals surface area contributed by atoms with E-state index in [2.05, 4.69) is 27.8 Å². The van der Waals surface area contributed by atoms with Crippen LogP contribution in [0.25, 0.3) is 0 Å². The molecular weight excluding hydrogens is 230 g/mol. The Morgan fingerprint density at radius 2 is 2.31 bits per heavy atom. The van der Waals surface area contributed by atoms with Gasteiger partial charge in [-0.05, 0) is 40.9 Å².